The molecule has 4 nitrogen and oxygen atoms in total. The monoisotopic (exact) mass is 315 g/mol. The number of ether oxygens (including phenoxy) is 1. The molecule has 0 bridgehead atoms. The van der Waals surface area contributed by atoms with Gasteiger partial charge in [-0.2, -0.15) is 5.10 Å². The Morgan fingerprint density at radius 3 is 2.76 bits per heavy atom. The second kappa shape index (κ2) is 6.51. The number of nitrogens with one attached hydrogen (secondary N) is 1. The summed E-state index contributed by atoms with van der Waals surface area (Å²) in [7, 11) is 1.65. The molecule has 0 saturated heterocycles. The van der Waals surface area contributed by atoms with E-state index in [-0.39, 0.29) is 0 Å². The summed E-state index contributed by atoms with van der Waals surface area (Å²) < 4.78 is 5.11. The highest BCUT2D eigenvalue weighted by Crippen LogP contribution is 2.28. The number of methoxy groups -OCH3 is 1. The largest absolute Gasteiger partial charge is 0.497 e. The Kier molecular flexibility index (Phi) is 4.28. The quantitative estimate of drug-likeness (QED) is 0.563. The van der Waals surface area contributed by atoms with Crippen molar-refractivity contribution >= 4 is 34.0 Å². The molecule has 0 aliphatic rings. The fourth-order valence-corrected chi connectivity index (χ4v) is 3.13. The lowest BCUT2D eigenvalue weighted by Crippen LogP contribution is -1.90. The molecule has 2 aromatic heterocycles. The highest BCUT2D eigenvalue weighted by atomic mass is 32.1. The Balaban J connectivity index is 1.63. The van der Waals surface area contributed by atoms with Gasteiger partial charge in [-0.25, -0.2) is 4.98 Å². The van der Waals surface area contributed by atoms with Crippen LogP contribution in [0.2, 0.25) is 0 Å². The second-order valence-corrected chi connectivity index (χ2v) is 5.96. The first-order valence-electron chi connectivity index (χ1n) is 6.28. The van der Waals surface area contributed by atoms with E-state index in [1.54, 1.807) is 24.7 Å². The zero-order valence-corrected chi connectivity index (χ0v) is 12.9. The van der Waals surface area contributed by atoms with E-state index in [1.165, 1.54) is 16.2 Å². The van der Waals surface area contributed by atoms with Gasteiger partial charge in [-0.3, -0.25) is 5.43 Å². The minimum atomic E-state index is 0.781. The molecule has 6 heteroatoms. The molecule has 1 N–H and O–H groups in total. The van der Waals surface area contributed by atoms with Crippen molar-refractivity contribution < 1.29 is 4.74 Å². The standard InChI is InChI=1S/C15H13N3OS2/c1-19-12-6-4-11(5-7-12)9-16-18-15-17-13(10-21-15)14-3-2-8-20-14/h2-10H,1H3,(H,17,18). The Labute approximate surface area is 130 Å². The highest BCUT2D eigenvalue weighted by Gasteiger charge is 2.04. The van der Waals surface area contributed by atoms with Gasteiger partial charge in [0.05, 0.1) is 23.9 Å². The molecule has 3 aromatic rings. The number of hydrogen-bond acceptors (Lipinski definition) is 6. The van der Waals surface area contributed by atoms with Crippen molar-refractivity contribution in [3.63, 3.8) is 0 Å². The van der Waals surface area contributed by atoms with Crippen LogP contribution in [0.1, 0.15) is 5.56 Å². The lowest BCUT2D eigenvalue weighted by Gasteiger charge is -1.98. The van der Waals surface area contributed by atoms with Crippen LogP contribution in [-0.4, -0.2) is 18.3 Å². The van der Waals surface area contributed by atoms with Crippen LogP contribution in [0.3, 0.4) is 0 Å². The number of thiazole rings is 1. The summed E-state index contributed by atoms with van der Waals surface area (Å²) >= 11 is 3.22. The third-order valence-corrected chi connectivity index (χ3v) is 4.41. The molecule has 106 valence electrons. The smallest absolute Gasteiger partial charge is 0.203 e. The minimum Gasteiger partial charge on any atom is -0.497 e. The molecule has 0 atom stereocenters. The summed E-state index contributed by atoms with van der Waals surface area (Å²) in [6.07, 6.45) is 1.76. The van der Waals surface area contributed by atoms with Gasteiger partial charge in [-0.1, -0.05) is 6.07 Å². The third-order valence-electron chi connectivity index (χ3n) is 2.77. The zero-order valence-electron chi connectivity index (χ0n) is 11.3. The first-order valence-corrected chi connectivity index (χ1v) is 8.03. The van der Waals surface area contributed by atoms with Gasteiger partial charge in [0.1, 0.15) is 5.75 Å². The summed E-state index contributed by atoms with van der Waals surface area (Å²) in [5.41, 5.74) is 4.94. The van der Waals surface area contributed by atoms with E-state index in [1.807, 2.05) is 41.1 Å². The molecule has 0 amide bonds. The summed E-state index contributed by atoms with van der Waals surface area (Å²) in [4.78, 5) is 5.66. The highest BCUT2D eigenvalue weighted by molar-refractivity contribution is 7.15. The average Bonchev–Trinajstić information content (AvgIpc) is 3.19. The number of rotatable bonds is 5. The van der Waals surface area contributed by atoms with Gasteiger partial charge >= 0.3 is 0 Å². The van der Waals surface area contributed by atoms with Crippen molar-refractivity contribution in [3.05, 3.63) is 52.7 Å². The summed E-state index contributed by atoms with van der Waals surface area (Å²) in [6.45, 7) is 0. The lowest BCUT2D eigenvalue weighted by molar-refractivity contribution is 0.415. The number of thiophene rings is 1. The Morgan fingerprint density at radius 2 is 2.05 bits per heavy atom. The van der Waals surface area contributed by atoms with Gasteiger partial charge in [-0.15, -0.1) is 22.7 Å². The van der Waals surface area contributed by atoms with E-state index in [4.69, 9.17) is 4.74 Å². The maximum Gasteiger partial charge on any atom is 0.203 e. The van der Waals surface area contributed by atoms with E-state index in [2.05, 4.69) is 21.6 Å². The summed E-state index contributed by atoms with van der Waals surface area (Å²) in [5, 5.41) is 9.05. The average molecular weight is 315 g/mol. The minimum absolute atomic E-state index is 0.781. The van der Waals surface area contributed by atoms with Crippen LogP contribution in [0.4, 0.5) is 5.13 Å². The molecule has 0 spiro atoms. The molecular weight excluding hydrogens is 302 g/mol. The Hall–Kier alpha value is -2.18. The topological polar surface area (TPSA) is 46.5 Å². The van der Waals surface area contributed by atoms with Crippen LogP contribution in [0.5, 0.6) is 5.75 Å². The van der Waals surface area contributed by atoms with Crippen molar-refractivity contribution in [2.75, 3.05) is 12.5 Å². The first kappa shape index (κ1) is 13.8. The van der Waals surface area contributed by atoms with Crippen molar-refractivity contribution in [1.29, 1.82) is 0 Å². The number of anilines is 1. The number of hydrogen-bond donors (Lipinski definition) is 1. The van der Waals surface area contributed by atoms with Crippen molar-refractivity contribution in [2.24, 2.45) is 5.10 Å². The maximum absolute atomic E-state index is 5.11. The van der Waals surface area contributed by atoms with Crippen LogP contribution < -0.4 is 10.2 Å². The predicted octanol–water partition coefficient (Wildman–Crippen LogP) is 4.33. The van der Waals surface area contributed by atoms with Gasteiger partial charge in [0, 0.05) is 5.38 Å². The third kappa shape index (κ3) is 3.48. The van der Waals surface area contributed by atoms with E-state index in [0.717, 1.165) is 22.1 Å². The van der Waals surface area contributed by atoms with Crippen LogP contribution in [-0.2, 0) is 0 Å². The normalized spacial score (nSPS) is 10.9. The first-order chi connectivity index (χ1) is 10.3. The van der Waals surface area contributed by atoms with Crippen LogP contribution in [0, 0.1) is 0 Å². The predicted molar refractivity (Wildman–Crippen MR) is 89.6 cm³/mol. The molecule has 0 unspecified atom stereocenters. The molecule has 0 aliphatic heterocycles. The van der Waals surface area contributed by atoms with E-state index >= 15 is 0 Å². The molecule has 0 saturated carbocycles. The van der Waals surface area contributed by atoms with Crippen molar-refractivity contribution in [3.8, 4) is 16.3 Å². The fraction of sp³-hybridized carbons (Fsp3) is 0.0667. The van der Waals surface area contributed by atoms with Crippen LogP contribution in [0.15, 0.2) is 52.3 Å². The SMILES string of the molecule is COc1ccc(C=NNc2nc(-c3cccs3)cs2)cc1. The Bertz CT molecular complexity index is 718. The van der Waals surface area contributed by atoms with Gasteiger partial charge in [0.15, 0.2) is 0 Å². The maximum atomic E-state index is 5.11. The van der Waals surface area contributed by atoms with Gasteiger partial charge in [0.25, 0.3) is 0 Å². The summed E-state index contributed by atoms with van der Waals surface area (Å²) in [6, 6.07) is 11.8. The van der Waals surface area contributed by atoms with Crippen LogP contribution >= 0.6 is 22.7 Å². The van der Waals surface area contributed by atoms with E-state index < -0.39 is 0 Å². The molecule has 21 heavy (non-hydrogen) atoms. The molecule has 0 aliphatic carbocycles. The molecule has 2 heterocycles. The van der Waals surface area contributed by atoms with Crippen molar-refractivity contribution in [2.45, 2.75) is 0 Å². The number of nitrogens with zero attached hydrogens (tertiary/aromatic N) is 2. The number of benzene rings is 1. The fourth-order valence-electron chi connectivity index (χ4n) is 1.71. The molecule has 0 radical (unpaired) electrons. The second-order valence-electron chi connectivity index (χ2n) is 4.16. The summed E-state index contributed by atoms with van der Waals surface area (Å²) in [5.74, 6) is 0.834. The van der Waals surface area contributed by atoms with E-state index in [0.29, 0.717) is 0 Å². The molecule has 3 rings (SSSR count). The lowest BCUT2D eigenvalue weighted by atomic mass is 10.2. The molecule has 0 fully saturated rings. The molecular formula is C15H13N3OS2. The van der Waals surface area contributed by atoms with Gasteiger partial charge in [-0.05, 0) is 41.3 Å². The zero-order chi connectivity index (χ0) is 14.5. The molecule has 1 aromatic carbocycles. The van der Waals surface area contributed by atoms with Crippen LogP contribution in [0.25, 0.3) is 10.6 Å². The van der Waals surface area contributed by atoms with Crippen molar-refractivity contribution in [1.82, 2.24) is 4.98 Å². The number of hydrazone groups is 1. The van der Waals surface area contributed by atoms with E-state index in [9.17, 15) is 0 Å². The van der Waals surface area contributed by atoms with Gasteiger partial charge < -0.3 is 4.74 Å². The number of aromatic nitrogens is 1. The Morgan fingerprint density at radius 1 is 1.19 bits per heavy atom. The van der Waals surface area contributed by atoms with Gasteiger partial charge in [0.2, 0.25) is 5.13 Å².